The Morgan fingerprint density at radius 2 is 2.00 bits per heavy atom. The van der Waals surface area contributed by atoms with Crippen molar-refractivity contribution >= 4 is 11.6 Å². The molecule has 1 saturated heterocycles. The van der Waals surface area contributed by atoms with Crippen LogP contribution in [0.4, 0.5) is 5.69 Å². The third-order valence-electron chi connectivity index (χ3n) is 6.66. The molecule has 1 aromatic carbocycles. The molecule has 1 fully saturated rings. The predicted molar refractivity (Wildman–Crippen MR) is 127 cm³/mol. The van der Waals surface area contributed by atoms with Gasteiger partial charge in [0, 0.05) is 50.7 Å². The number of anilines is 1. The van der Waals surface area contributed by atoms with Crippen molar-refractivity contribution < 1.29 is 9.53 Å². The van der Waals surface area contributed by atoms with Gasteiger partial charge in [-0.15, -0.1) is 0 Å². The molecule has 168 valence electrons. The second-order valence-corrected chi connectivity index (χ2v) is 9.45. The van der Waals surface area contributed by atoms with E-state index in [0.717, 1.165) is 37.2 Å². The van der Waals surface area contributed by atoms with Crippen molar-refractivity contribution in [3.8, 4) is 5.75 Å². The van der Waals surface area contributed by atoms with Crippen LogP contribution < -0.4 is 9.64 Å². The van der Waals surface area contributed by atoms with Gasteiger partial charge in [0.15, 0.2) is 0 Å². The smallest absolute Gasteiger partial charge is 0.222 e. The van der Waals surface area contributed by atoms with Crippen molar-refractivity contribution in [3.63, 3.8) is 0 Å². The molecule has 3 rings (SSSR count). The van der Waals surface area contributed by atoms with Gasteiger partial charge in [-0.1, -0.05) is 19.9 Å². The average Bonchev–Trinajstić information content (AvgIpc) is 2.76. The number of piperidine rings is 1. The first kappa shape index (κ1) is 23.1. The Kier molecular flexibility index (Phi) is 7.58. The molecule has 2 aromatic rings. The number of benzene rings is 1. The third kappa shape index (κ3) is 5.99. The minimum atomic E-state index is 0.168. The van der Waals surface area contributed by atoms with Gasteiger partial charge in [0.25, 0.3) is 0 Å². The second kappa shape index (κ2) is 10.2. The molecule has 0 N–H and O–H groups in total. The number of hydrogen-bond acceptors (Lipinski definition) is 4. The van der Waals surface area contributed by atoms with E-state index in [-0.39, 0.29) is 11.3 Å². The number of aryl methyl sites for hydroxylation is 1. The van der Waals surface area contributed by atoms with Gasteiger partial charge in [-0.05, 0) is 73.9 Å². The monoisotopic (exact) mass is 423 g/mol. The van der Waals surface area contributed by atoms with Crippen molar-refractivity contribution in [3.05, 3.63) is 54.4 Å². The fraction of sp³-hybridized carbons (Fsp3) is 0.538. The van der Waals surface area contributed by atoms with Gasteiger partial charge in [0.2, 0.25) is 5.91 Å². The number of carbonyl (C=O) groups excluding carboxylic acids is 1. The number of nitrogens with zero attached hydrogens (tertiary/aromatic N) is 3. The summed E-state index contributed by atoms with van der Waals surface area (Å²) >= 11 is 0. The van der Waals surface area contributed by atoms with Crippen LogP contribution in [0.15, 0.2) is 48.8 Å². The fourth-order valence-corrected chi connectivity index (χ4v) is 4.67. The van der Waals surface area contributed by atoms with E-state index < -0.39 is 0 Å². The zero-order chi connectivity index (χ0) is 22.4. The standard InChI is InChI=1S/C26H37N3O2/c1-6-31-24-12-10-23(11-13-24)29-19-22(16-26(3,4)20(29)2)18-28(5)25(30)14-9-21-8-7-15-27-17-21/h7-8,10-13,15,17,20,22H,6,9,14,16,18-19H2,1-5H3. The van der Waals surface area contributed by atoms with Gasteiger partial charge in [-0.25, -0.2) is 0 Å². The normalized spacial score (nSPS) is 20.4. The molecule has 2 heterocycles. The summed E-state index contributed by atoms with van der Waals surface area (Å²) in [5.74, 6) is 1.55. The minimum absolute atomic E-state index is 0.168. The van der Waals surface area contributed by atoms with Gasteiger partial charge in [-0.2, -0.15) is 0 Å². The molecule has 5 nitrogen and oxygen atoms in total. The Morgan fingerprint density at radius 1 is 1.26 bits per heavy atom. The second-order valence-electron chi connectivity index (χ2n) is 9.45. The van der Waals surface area contributed by atoms with Gasteiger partial charge in [-0.3, -0.25) is 9.78 Å². The van der Waals surface area contributed by atoms with Crippen LogP contribution in [-0.4, -0.2) is 48.6 Å². The van der Waals surface area contributed by atoms with E-state index in [1.807, 2.05) is 37.2 Å². The Labute approximate surface area is 187 Å². The van der Waals surface area contributed by atoms with E-state index in [0.29, 0.717) is 25.0 Å². The van der Waals surface area contributed by atoms with Crippen LogP contribution in [0.25, 0.3) is 0 Å². The Balaban J connectivity index is 1.63. The highest BCUT2D eigenvalue weighted by atomic mass is 16.5. The zero-order valence-corrected chi connectivity index (χ0v) is 19.7. The van der Waals surface area contributed by atoms with Crippen LogP contribution in [0, 0.1) is 11.3 Å². The summed E-state index contributed by atoms with van der Waals surface area (Å²) in [7, 11) is 1.94. The molecular formula is C26H37N3O2. The van der Waals surface area contributed by atoms with E-state index >= 15 is 0 Å². The maximum Gasteiger partial charge on any atom is 0.222 e. The molecule has 5 heteroatoms. The number of amides is 1. The molecule has 1 aliphatic rings. The fourth-order valence-electron chi connectivity index (χ4n) is 4.67. The number of ether oxygens (including phenoxy) is 1. The topological polar surface area (TPSA) is 45.7 Å². The Bertz CT molecular complexity index is 835. The van der Waals surface area contributed by atoms with Crippen molar-refractivity contribution in [2.45, 2.75) is 53.0 Å². The Morgan fingerprint density at radius 3 is 2.65 bits per heavy atom. The number of aromatic nitrogens is 1. The quantitative estimate of drug-likeness (QED) is 0.611. The molecular weight excluding hydrogens is 386 g/mol. The predicted octanol–water partition coefficient (Wildman–Crippen LogP) is 4.81. The van der Waals surface area contributed by atoms with E-state index in [1.165, 1.54) is 5.69 Å². The lowest BCUT2D eigenvalue weighted by molar-refractivity contribution is -0.130. The van der Waals surface area contributed by atoms with Crippen LogP contribution >= 0.6 is 0 Å². The van der Waals surface area contributed by atoms with Crippen LogP contribution in [0.2, 0.25) is 0 Å². The third-order valence-corrected chi connectivity index (χ3v) is 6.66. The van der Waals surface area contributed by atoms with Crippen LogP contribution in [0.1, 0.15) is 46.1 Å². The highest BCUT2D eigenvalue weighted by Crippen LogP contribution is 2.40. The average molecular weight is 424 g/mol. The summed E-state index contributed by atoms with van der Waals surface area (Å²) in [4.78, 5) is 21.3. The molecule has 1 aromatic heterocycles. The van der Waals surface area contributed by atoms with Crippen LogP contribution in [-0.2, 0) is 11.2 Å². The van der Waals surface area contributed by atoms with Gasteiger partial charge < -0.3 is 14.5 Å². The number of hydrogen-bond donors (Lipinski definition) is 0. The summed E-state index contributed by atoms with van der Waals surface area (Å²) in [5.41, 5.74) is 2.50. The summed E-state index contributed by atoms with van der Waals surface area (Å²) in [6, 6.07) is 12.8. The number of carbonyl (C=O) groups is 1. The summed E-state index contributed by atoms with van der Waals surface area (Å²) in [5, 5.41) is 0. The molecule has 0 saturated carbocycles. The number of pyridine rings is 1. The van der Waals surface area contributed by atoms with Crippen molar-refractivity contribution in [2.75, 3.05) is 31.6 Å². The summed E-state index contributed by atoms with van der Waals surface area (Å²) in [6.07, 6.45) is 5.98. The van der Waals surface area contributed by atoms with E-state index in [2.05, 4.69) is 54.9 Å². The zero-order valence-electron chi connectivity index (χ0n) is 19.7. The van der Waals surface area contributed by atoms with Crippen molar-refractivity contribution in [2.24, 2.45) is 11.3 Å². The molecule has 0 aliphatic carbocycles. The molecule has 2 unspecified atom stereocenters. The largest absolute Gasteiger partial charge is 0.494 e. The van der Waals surface area contributed by atoms with Crippen molar-refractivity contribution in [1.82, 2.24) is 9.88 Å². The lowest BCUT2D eigenvalue weighted by Gasteiger charge is -2.50. The van der Waals surface area contributed by atoms with Crippen molar-refractivity contribution in [1.29, 1.82) is 0 Å². The van der Waals surface area contributed by atoms with E-state index in [9.17, 15) is 4.79 Å². The minimum Gasteiger partial charge on any atom is -0.494 e. The SMILES string of the molecule is CCOc1ccc(N2CC(CN(C)C(=O)CCc3cccnc3)CC(C)(C)C2C)cc1. The van der Waals surface area contributed by atoms with Crippen LogP contribution in [0.3, 0.4) is 0 Å². The Hall–Kier alpha value is -2.56. The van der Waals surface area contributed by atoms with E-state index in [1.54, 1.807) is 6.20 Å². The van der Waals surface area contributed by atoms with Gasteiger partial charge >= 0.3 is 0 Å². The molecule has 2 atom stereocenters. The van der Waals surface area contributed by atoms with E-state index in [4.69, 9.17) is 4.74 Å². The molecule has 1 aliphatic heterocycles. The van der Waals surface area contributed by atoms with Gasteiger partial charge in [0.05, 0.1) is 6.61 Å². The van der Waals surface area contributed by atoms with Crippen LogP contribution in [0.5, 0.6) is 5.75 Å². The maximum atomic E-state index is 12.7. The first-order chi connectivity index (χ1) is 14.8. The highest BCUT2D eigenvalue weighted by Gasteiger charge is 2.39. The summed E-state index contributed by atoms with van der Waals surface area (Å²) < 4.78 is 5.60. The number of rotatable bonds is 8. The molecule has 0 radical (unpaired) electrons. The lowest BCUT2D eigenvalue weighted by Crippen LogP contribution is -2.53. The van der Waals surface area contributed by atoms with Gasteiger partial charge in [0.1, 0.15) is 5.75 Å². The molecule has 0 bridgehead atoms. The molecule has 1 amide bonds. The first-order valence-electron chi connectivity index (χ1n) is 11.4. The summed E-state index contributed by atoms with van der Waals surface area (Å²) in [6.45, 7) is 11.4. The lowest BCUT2D eigenvalue weighted by atomic mass is 9.72. The molecule has 0 spiro atoms. The highest BCUT2D eigenvalue weighted by molar-refractivity contribution is 5.76. The first-order valence-corrected chi connectivity index (χ1v) is 11.4. The maximum absolute atomic E-state index is 12.7. The molecule has 31 heavy (non-hydrogen) atoms.